The van der Waals surface area contributed by atoms with Crippen LogP contribution in [-0.4, -0.2) is 28.2 Å². The molecule has 5 nitrogen and oxygen atoms in total. The first kappa shape index (κ1) is 11.6. The van der Waals surface area contributed by atoms with Crippen molar-refractivity contribution in [2.24, 2.45) is 0 Å². The number of piperidine rings is 1. The fourth-order valence-electron chi connectivity index (χ4n) is 2.08. The lowest BCUT2D eigenvalue weighted by molar-refractivity contribution is 0.322. The molecule has 1 fully saturated rings. The summed E-state index contributed by atoms with van der Waals surface area (Å²) in [4.78, 5) is 8.58. The van der Waals surface area contributed by atoms with Crippen LogP contribution in [0.5, 0.6) is 0 Å². The second-order valence-corrected chi connectivity index (χ2v) is 4.80. The van der Waals surface area contributed by atoms with Crippen LogP contribution in [0, 0.1) is 0 Å². The highest BCUT2D eigenvalue weighted by atomic mass is 35.5. The first-order chi connectivity index (χ1) is 8.83. The van der Waals surface area contributed by atoms with Crippen LogP contribution in [0.4, 0.5) is 0 Å². The van der Waals surface area contributed by atoms with Crippen molar-refractivity contribution in [3.8, 4) is 11.5 Å². The van der Waals surface area contributed by atoms with Gasteiger partial charge >= 0.3 is 0 Å². The van der Waals surface area contributed by atoms with Gasteiger partial charge in [0.15, 0.2) is 0 Å². The molecule has 3 heterocycles. The predicted molar refractivity (Wildman–Crippen MR) is 67.4 cm³/mol. The van der Waals surface area contributed by atoms with Crippen molar-refractivity contribution < 1.29 is 4.52 Å². The van der Waals surface area contributed by atoms with Crippen LogP contribution in [0.3, 0.4) is 0 Å². The normalized spacial score (nSPS) is 19.9. The van der Waals surface area contributed by atoms with E-state index in [2.05, 4.69) is 20.4 Å². The molecular formula is C12H13ClN4O. The Bertz CT molecular complexity index is 519. The molecule has 2 aromatic heterocycles. The fraction of sp³-hybridized carbons (Fsp3) is 0.417. The molecule has 0 aromatic carbocycles. The smallest absolute Gasteiger partial charge is 0.231 e. The summed E-state index contributed by atoms with van der Waals surface area (Å²) in [5.74, 6) is 1.52. The molecule has 2 aromatic rings. The highest BCUT2D eigenvalue weighted by molar-refractivity contribution is 6.30. The summed E-state index contributed by atoms with van der Waals surface area (Å²) >= 11 is 5.79. The van der Waals surface area contributed by atoms with Gasteiger partial charge in [-0.05, 0) is 31.5 Å². The van der Waals surface area contributed by atoms with Gasteiger partial charge in [0, 0.05) is 12.7 Å². The Morgan fingerprint density at radius 3 is 3.06 bits per heavy atom. The molecule has 1 aliphatic heterocycles. The van der Waals surface area contributed by atoms with Crippen molar-refractivity contribution in [1.29, 1.82) is 0 Å². The quantitative estimate of drug-likeness (QED) is 0.901. The Kier molecular flexibility index (Phi) is 3.25. The molecule has 0 saturated carbocycles. The highest BCUT2D eigenvalue weighted by Gasteiger charge is 2.21. The molecular weight excluding hydrogens is 252 g/mol. The van der Waals surface area contributed by atoms with Gasteiger partial charge in [0.05, 0.1) is 10.9 Å². The Morgan fingerprint density at radius 2 is 2.33 bits per heavy atom. The van der Waals surface area contributed by atoms with Crippen LogP contribution < -0.4 is 5.32 Å². The predicted octanol–water partition coefficient (Wildman–Crippen LogP) is 2.25. The second kappa shape index (κ2) is 5.04. The zero-order valence-electron chi connectivity index (χ0n) is 9.77. The minimum Gasteiger partial charge on any atom is -0.339 e. The number of hydrogen-bond acceptors (Lipinski definition) is 5. The zero-order valence-corrected chi connectivity index (χ0v) is 10.5. The molecule has 0 bridgehead atoms. The lowest BCUT2D eigenvalue weighted by atomic mass is 10.00. The summed E-state index contributed by atoms with van der Waals surface area (Å²) in [7, 11) is 0. The minimum absolute atomic E-state index is 0.312. The van der Waals surface area contributed by atoms with Crippen LogP contribution in [0.1, 0.15) is 24.7 Å². The number of hydrogen-bond donors (Lipinski definition) is 1. The van der Waals surface area contributed by atoms with E-state index in [1.54, 1.807) is 18.3 Å². The molecule has 18 heavy (non-hydrogen) atoms. The van der Waals surface area contributed by atoms with Crippen LogP contribution in [0.25, 0.3) is 11.5 Å². The Morgan fingerprint density at radius 1 is 1.39 bits per heavy atom. The van der Waals surface area contributed by atoms with Crippen LogP contribution in [0.15, 0.2) is 22.9 Å². The van der Waals surface area contributed by atoms with E-state index in [1.807, 2.05) is 0 Å². The van der Waals surface area contributed by atoms with Crippen molar-refractivity contribution in [3.63, 3.8) is 0 Å². The number of rotatable bonds is 2. The molecule has 1 saturated heterocycles. The van der Waals surface area contributed by atoms with E-state index in [9.17, 15) is 0 Å². The van der Waals surface area contributed by atoms with E-state index >= 15 is 0 Å². The van der Waals surface area contributed by atoms with Gasteiger partial charge in [0.1, 0.15) is 5.69 Å². The van der Waals surface area contributed by atoms with Crippen molar-refractivity contribution in [1.82, 2.24) is 20.4 Å². The zero-order chi connectivity index (χ0) is 12.4. The van der Waals surface area contributed by atoms with E-state index in [-0.39, 0.29) is 0 Å². The van der Waals surface area contributed by atoms with Crippen molar-refractivity contribution in [2.75, 3.05) is 13.1 Å². The third kappa shape index (κ3) is 2.37. The third-order valence-electron chi connectivity index (χ3n) is 3.04. The molecule has 0 spiro atoms. The third-order valence-corrected chi connectivity index (χ3v) is 3.27. The van der Waals surface area contributed by atoms with Crippen molar-refractivity contribution in [3.05, 3.63) is 29.2 Å². The van der Waals surface area contributed by atoms with Gasteiger partial charge < -0.3 is 9.84 Å². The maximum absolute atomic E-state index is 5.79. The Labute approximate surface area is 110 Å². The SMILES string of the molecule is Clc1ccc(-c2noc(C3CCCNC3)n2)nc1. The van der Waals surface area contributed by atoms with Gasteiger partial charge in [-0.2, -0.15) is 4.98 Å². The van der Waals surface area contributed by atoms with Gasteiger partial charge in [0.2, 0.25) is 11.7 Å². The first-order valence-electron chi connectivity index (χ1n) is 5.99. The summed E-state index contributed by atoms with van der Waals surface area (Å²) in [5.41, 5.74) is 0.679. The van der Waals surface area contributed by atoms with Crippen LogP contribution >= 0.6 is 11.6 Å². The summed E-state index contributed by atoms with van der Waals surface area (Å²) in [6.07, 6.45) is 3.80. The maximum atomic E-state index is 5.79. The number of nitrogens with zero attached hydrogens (tertiary/aromatic N) is 3. The van der Waals surface area contributed by atoms with Crippen molar-refractivity contribution >= 4 is 11.6 Å². The first-order valence-corrected chi connectivity index (χ1v) is 6.37. The van der Waals surface area contributed by atoms with Gasteiger partial charge in [0.25, 0.3) is 0 Å². The second-order valence-electron chi connectivity index (χ2n) is 4.36. The average molecular weight is 265 g/mol. The molecule has 0 amide bonds. The molecule has 1 atom stereocenters. The number of nitrogens with one attached hydrogen (secondary N) is 1. The number of pyridine rings is 1. The largest absolute Gasteiger partial charge is 0.339 e. The average Bonchev–Trinajstić information content (AvgIpc) is 2.90. The van der Waals surface area contributed by atoms with Gasteiger partial charge in [-0.25, -0.2) is 0 Å². The molecule has 6 heteroatoms. The summed E-state index contributed by atoms with van der Waals surface area (Å²) < 4.78 is 5.31. The fourth-order valence-corrected chi connectivity index (χ4v) is 2.19. The van der Waals surface area contributed by atoms with Gasteiger partial charge in [-0.3, -0.25) is 4.98 Å². The monoisotopic (exact) mass is 264 g/mol. The molecule has 3 rings (SSSR count). The van der Waals surface area contributed by atoms with Gasteiger partial charge in [-0.15, -0.1) is 0 Å². The molecule has 0 aliphatic carbocycles. The van der Waals surface area contributed by atoms with E-state index in [0.29, 0.717) is 28.3 Å². The van der Waals surface area contributed by atoms with E-state index in [0.717, 1.165) is 25.9 Å². The molecule has 0 radical (unpaired) electrons. The summed E-state index contributed by atoms with van der Waals surface area (Å²) in [6.45, 7) is 1.96. The van der Waals surface area contributed by atoms with E-state index < -0.39 is 0 Å². The lowest BCUT2D eigenvalue weighted by Gasteiger charge is -2.18. The molecule has 1 aliphatic rings. The minimum atomic E-state index is 0.312. The summed E-state index contributed by atoms with van der Waals surface area (Å²) in [5, 5.41) is 7.90. The van der Waals surface area contributed by atoms with Gasteiger partial charge in [-0.1, -0.05) is 16.8 Å². The number of aromatic nitrogens is 3. The Balaban J connectivity index is 1.82. The van der Waals surface area contributed by atoms with Crippen molar-refractivity contribution in [2.45, 2.75) is 18.8 Å². The lowest BCUT2D eigenvalue weighted by Crippen LogP contribution is -2.28. The Hall–Kier alpha value is -1.46. The van der Waals surface area contributed by atoms with Crippen LogP contribution in [-0.2, 0) is 0 Å². The summed E-state index contributed by atoms with van der Waals surface area (Å²) in [6, 6.07) is 3.55. The van der Waals surface area contributed by atoms with E-state index in [4.69, 9.17) is 16.1 Å². The standard InChI is InChI=1S/C12H13ClN4O/c13-9-3-4-10(15-7-9)11-16-12(18-17-11)8-2-1-5-14-6-8/h3-4,7-8,14H,1-2,5-6H2. The van der Waals surface area contributed by atoms with E-state index in [1.165, 1.54) is 0 Å². The molecule has 1 N–H and O–H groups in total. The molecule has 94 valence electrons. The maximum Gasteiger partial charge on any atom is 0.231 e. The van der Waals surface area contributed by atoms with Crippen LogP contribution in [0.2, 0.25) is 5.02 Å². The highest BCUT2D eigenvalue weighted by Crippen LogP contribution is 2.24. The topological polar surface area (TPSA) is 63.8 Å². The molecule has 1 unspecified atom stereocenters. The number of halogens is 1.